The largest absolute Gasteiger partial charge is 0.389 e. The molecule has 0 aromatic heterocycles. The number of alkyl halides is 3. The zero-order valence-corrected chi connectivity index (χ0v) is 8.51. The van der Waals surface area contributed by atoms with Crippen molar-refractivity contribution in [3.63, 3.8) is 0 Å². The fourth-order valence-electron chi connectivity index (χ4n) is 1.48. The van der Waals surface area contributed by atoms with E-state index in [2.05, 4.69) is 0 Å². The molecular formula is C11H14F3N. The summed E-state index contributed by atoms with van der Waals surface area (Å²) >= 11 is 0. The van der Waals surface area contributed by atoms with Gasteiger partial charge in [-0.3, -0.25) is 0 Å². The second-order valence-corrected chi connectivity index (χ2v) is 3.62. The Kier molecular flexibility index (Phi) is 3.74. The van der Waals surface area contributed by atoms with Gasteiger partial charge in [-0.05, 0) is 24.5 Å². The molecule has 1 nitrogen and oxygen atoms in total. The number of hydrogen-bond donors (Lipinski definition) is 1. The molecule has 0 aliphatic heterocycles. The van der Waals surface area contributed by atoms with Gasteiger partial charge in [0.25, 0.3) is 0 Å². The van der Waals surface area contributed by atoms with E-state index in [1.165, 1.54) is 0 Å². The summed E-state index contributed by atoms with van der Waals surface area (Å²) in [5, 5.41) is 0. The number of aryl methyl sites for hydroxylation is 1. The van der Waals surface area contributed by atoms with E-state index in [0.717, 1.165) is 11.1 Å². The maximum Gasteiger partial charge on any atom is 0.389 e. The lowest BCUT2D eigenvalue weighted by Gasteiger charge is -2.15. The van der Waals surface area contributed by atoms with E-state index in [9.17, 15) is 13.2 Å². The van der Waals surface area contributed by atoms with E-state index < -0.39 is 18.6 Å². The lowest BCUT2D eigenvalue weighted by molar-refractivity contribution is -0.136. The van der Waals surface area contributed by atoms with Crippen LogP contribution in [0.5, 0.6) is 0 Å². The van der Waals surface area contributed by atoms with E-state index in [1.807, 2.05) is 19.1 Å². The first-order valence-electron chi connectivity index (χ1n) is 4.78. The third-order valence-electron chi connectivity index (χ3n) is 2.33. The van der Waals surface area contributed by atoms with Crippen molar-refractivity contribution in [3.05, 3.63) is 35.4 Å². The predicted molar refractivity (Wildman–Crippen MR) is 53.4 cm³/mol. The highest BCUT2D eigenvalue weighted by Gasteiger charge is 2.27. The Morgan fingerprint density at radius 2 is 1.87 bits per heavy atom. The standard InChI is InChI=1S/C11H14F3N/c1-8-4-2-3-5-9(8)10(15)6-7-11(12,13)14/h2-5,10H,6-7,15H2,1H3/t10-/m0/s1. The lowest BCUT2D eigenvalue weighted by Crippen LogP contribution is -2.16. The Balaban J connectivity index is 2.62. The fourth-order valence-corrected chi connectivity index (χ4v) is 1.48. The first kappa shape index (κ1) is 12.0. The van der Waals surface area contributed by atoms with Gasteiger partial charge in [0.05, 0.1) is 0 Å². The van der Waals surface area contributed by atoms with Crippen molar-refractivity contribution in [3.8, 4) is 0 Å². The van der Waals surface area contributed by atoms with E-state index in [0.29, 0.717) is 0 Å². The average Bonchev–Trinajstić information content (AvgIpc) is 2.14. The van der Waals surface area contributed by atoms with Crippen molar-refractivity contribution >= 4 is 0 Å². The molecule has 0 spiro atoms. The van der Waals surface area contributed by atoms with Gasteiger partial charge < -0.3 is 5.73 Å². The molecule has 0 aliphatic carbocycles. The Bertz CT molecular complexity index is 320. The van der Waals surface area contributed by atoms with Crippen LogP contribution in [-0.2, 0) is 0 Å². The van der Waals surface area contributed by atoms with Crippen LogP contribution in [0.15, 0.2) is 24.3 Å². The Hall–Kier alpha value is -1.03. The molecule has 84 valence electrons. The molecule has 0 saturated heterocycles. The van der Waals surface area contributed by atoms with Gasteiger partial charge in [-0.1, -0.05) is 24.3 Å². The van der Waals surface area contributed by atoms with Crippen LogP contribution in [0.3, 0.4) is 0 Å². The van der Waals surface area contributed by atoms with Gasteiger partial charge in [-0.2, -0.15) is 13.2 Å². The molecule has 1 rings (SSSR count). The van der Waals surface area contributed by atoms with Crippen LogP contribution < -0.4 is 5.73 Å². The van der Waals surface area contributed by atoms with Crippen molar-refractivity contribution in [2.75, 3.05) is 0 Å². The van der Waals surface area contributed by atoms with Gasteiger partial charge in [0.2, 0.25) is 0 Å². The van der Waals surface area contributed by atoms with Crippen LogP contribution in [0.1, 0.15) is 30.0 Å². The van der Waals surface area contributed by atoms with Crippen molar-refractivity contribution in [1.29, 1.82) is 0 Å². The van der Waals surface area contributed by atoms with E-state index >= 15 is 0 Å². The summed E-state index contributed by atoms with van der Waals surface area (Å²) in [5.74, 6) is 0. The molecule has 0 aliphatic rings. The lowest BCUT2D eigenvalue weighted by atomic mass is 9.98. The molecule has 0 bridgehead atoms. The summed E-state index contributed by atoms with van der Waals surface area (Å²) in [5.41, 5.74) is 7.43. The number of benzene rings is 1. The summed E-state index contributed by atoms with van der Waals surface area (Å²) < 4.78 is 35.9. The van der Waals surface area contributed by atoms with Gasteiger partial charge in [0.1, 0.15) is 0 Å². The highest BCUT2D eigenvalue weighted by molar-refractivity contribution is 5.28. The smallest absolute Gasteiger partial charge is 0.324 e. The molecular weight excluding hydrogens is 203 g/mol. The highest BCUT2D eigenvalue weighted by atomic mass is 19.4. The maximum absolute atomic E-state index is 12.0. The second-order valence-electron chi connectivity index (χ2n) is 3.62. The van der Waals surface area contributed by atoms with Crippen LogP contribution >= 0.6 is 0 Å². The Morgan fingerprint density at radius 3 is 2.40 bits per heavy atom. The van der Waals surface area contributed by atoms with Gasteiger partial charge in [-0.15, -0.1) is 0 Å². The number of nitrogens with two attached hydrogens (primary N) is 1. The Morgan fingerprint density at radius 1 is 1.27 bits per heavy atom. The van der Waals surface area contributed by atoms with Crippen LogP contribution in [0.25, 0.3) is 0 Å². The zero-order chi connectivity index (χ0) is 11.5. The first-order valence-corrected chi connectivity index (χ1v) is 4.78. The minimum absolute atomic E-state index is 0.0612. The summed E-state index contributed by atoms with van der Waals surface area (Å²) in [6.45, 7) is 1.85. The normalized spacial score (nSPS) is 13.9. The molecule has 1 atom stereocenters. The molecule has 0 fully saturated rings. The van der Waals surface area contributed by atoms with Gasteiger partial charge in [-0.25, -0.2) is 0 Å². The zero-order valence-electron chi connectivity index (χ0n) is 8.51. The Labute approximate surface area is 87.1 Å². The summed E-state index contributed by atoms with van der Waals surface area (Å²) in [4.78, 5) is 0. The number of halogens is 3. The van der Waals surface area contributed by atoms with Gasteiger partial charge in [0, 0.05) is 12.5 Å². The van der Waals surface area contributed by atoms with Crippen LogP contribution in [0.2, 0.25) is 0 Å². The minimum Gasteiger partial charge on any atom is -0.324 e. The molecule has 0 saturated carbocycles. The summed E-state index contributed by atoms with van der Waals surface area (Å²) in [6.07, 6.45) is -5.02. The van der Waals surface area contributed by atoms with Crippen molar-refractivity contribution < 1.29 is 13.2 Å². The number of rotatable bonds is 3. The monoisotopic (exact) mass is 217 g/mol. The molecule has 2 N–H and O–H groups in total. The SMILES string of the molecule is Cc1ccccc1[C@@H](N)CCC(F)(F)F. The minimum atomic E-state index is -4.12. The van der Waals surface area contributed by atoms with Crippen LogP contribution in [0.4, 0.5) is 13.2 Å². The van der Waals surface area contributed by atoms with Crippen molar-refractivity contribution in [1.82, 2.24) is 0 Å². The van der Waals surface area contributed by atoms with Gasteiger partial charge >= 0.3 is 6.18 Å². The van der Waals surface area contributed by atoms with E-state index in [-0.39, 0.29) is 6.42 Å². The third kappa shape index (κ3) is 3.91. The highest BCUT2D eigenvalue weighted by Crippen LogP contribution is 2.27. The third-order valence-corrected chi connectivity index (χ3v) is 2.33. The fraction of sp³-hybridized carbons (Fsp3) is 0.455. The molecule has 0 unspecified atom stereocenters. The summed E-state index contributed by atoms with van der Waals surface area (Å²) in [7, 11) is 0. The van der Waals surface area contributed by atoms with Crippen LogP contribution in [0, 0.1) is 6.92 Å². The van der Waals surface area contributed by atoms with Crippen molar-refractivity contribution in [2.24, 2.45) is 5.73 Å². The molecule has 0 radical (unpaired) electrons. The average molecular weight is 217 g/mol. The van der Waals surface area contributed by atoms with E-state index in [1.54, 1.807) is 12.1 Å². The molecule has 0 amide bonds. The van der Waals surface area contributed by atoms with Crippen molar-refractivity contribution in [2.45, 2.75) is 32.0 Å². The maximum atomic E-state index is 12.0. The topological polar surface area (TPSA) is 26.0 Å². The molecule has 0 heterocycles. The van der Waals surface area contributed by atoms with E-state index in [4.69, 9.17) is 5.73 Å². The molecule has 4 heteroatoms. The molecule has 1 aromatic carbocycles. The molecule has 15 heavy (non-hydrogen) atoms. The first-order chi connectivity index (χ1) is 6.90. The van der Waals surface area contributed by atoms with Crippen LogP contribution in [-0.4, -0.2) is 6.18 Å². The quantitative estimate of drug-likeness (QED) is 0.825. The van der Waals surface area contributed by atoms with Gasteiger partial charge in [0.15, 0.2) is 0 Å². The molecule has 1 aromatic rings. The number of hydrogen-bond acceptors (Lipinski definition) is 1. The summed E-state index contributed by atoms with van der Waals surface area (Å²) in [6, 6.07) is 6.72. The predicted octanol–water partition coefficient (Wildman–Crippen LogP) is 3.34. The second kappa shape index (κ2) is 4.66.